The van der Waals surface area contributed by atoms with E-state index in [9.17, 15) is 9.59 Å². The predicted molar refractivity (Wildman–Crippen MR) is 75.9 cm³/mol. The van der Waals surface area contributed by atoms with Crippen molar-refractivity contribution in [2.24, 2.45) is 5.73 Å². The van der Waals surface area contributed by atoms with Crippen LogP contribution in [0.4, 0.5) is 11.4 Å². The average Bonchev–Trinajstić information content (AvgIpc) is 2.35. The normalized spacial score (nSPS) is 10.3. The summed E-state index contributed by atoms with van der Waals surface area (Å²) in [5.74, 6) is -0.650. The Morgan fingerprint density at radius 2 is 2.00 bits per heavy atom. The highest BCUT2D eigenvalue weighted by Crippen LogP contribution is 2.26. The molecule has 19 heavy (non-hydrogen) atoms. The number of nitrogens with two attached hydrogens (primary N) is 2. The minimum absolute atomic E-state index is 0.0368. The lowest BCUT2D eigenvalue weighted by Gasteiger charge is -2.29. The lowest BCUT2D eigenvalue weighted by atomic mass is 10.1. The minimum atomic E-state index is -0.446. The van der Waals surface area contributed by atoms with Crippen LogP contribution < -0.4 is 21.7 Å². The van der Waals surface area contributed by atoms with E-state index in [4.69, 9.17) is 11.5 Å². The molecule has 0 spiro atoms. The molecule has 6 heteroatoms. The molecule has 104 valence electrons. The number of carbonyl (C=O) groups is 2. The van der Waals surface area contributed by atoms with Crippen LogP contribution in [0.2, 0.25) is 0 Å². The lowest BCUT2D eigenvalue weighted by Crippen LogP contribution is -2.39. The zero-order valence-corrected chi connectivity index (χ0v) is 11.4. The fourth-order valence-electron chi connectivity index (χ4n) is 1.79. The third-order valence-corrected chi connectivity index (χ3v) is 2.78. The van der Waals surface area contributed by atoms with Crippen molar-refractivity contribution in [2.45, 2.75) is 19.9 Å². The quantitative estimate of drug-likeness (QED) is 0.667. The van der Waals surface area contributed by atoms with E-state index < -0.39 is 5.91 Å². The highest BCUT2D eigenvalue weighted by Gasteiger charge is 2.17. The van der Waals surface area contributed by atoms with Crippen LogP contribution in [0.1, 0.15) is 24.2 Å². The van der Waals surface area contributed by atoms with Crippen molar-refractivity contribution in [1.29, 1.82) is 0 Å². The van der Waals surface area contributed by atoms with Gasteiger partial charge in [-0.3, -0.25) is 9.59 Å². The summed E-state index contributed by atoms with van der Waals surface area (Å²) in [6.45, 7) is 3.91. The maximum Gasteiger partial charge on any atom is 0.251 e. The molecule has 1 rings (SSSR count). The summed E-state index contributed by atoms with van der Waals surface area (Å²) in [5, 5.41) is 2.55. The fourth-order valence-corrected chi connectivity index (χ4v) is 1.79. The Kier molecular flexibility index (Phi) is 4.74. The highest BCUT2D eigenvalue weighted by atomic mass is 16.2. The molecule has 0 unspecified atom stereocenters. The van der Waals surface area contributed by atoms with E-state index in [0.717, 1.165) is 0 Å². The molecule has 0 fully saturated rings. The zero-order chi connectivity index (χ0) is 14.6. The van der Waals surface area contributed by atoms with Gasteiger partial charge in [0.05, 0.1) is 17.9 Å². The summed E-state index contributed by atoms with van der Waals surface area (Å²) in [6.07, 6.45) is 0. The summed E-state index contributed by atoms with van der Waals surface area (Å²) >= 11 is 0. The van der Waals surface area contributed by atoms with Crippen molar-refractivity contribution < 1.29 is 9.59 Å². The molecule has 0 heterocycles. The van der Waals surface area contributed by atoms with E-state index in [1.807, 2.05) is 13.8 Å². The first-order valence-electron chi connectivity index (χ1n) is 6.03. The van der Waals surface area contributed by atoms with E-state index in [1.165, 1.54) is 0 Å². The summed E-state index contributed by atoms with van der Waals surface area (Å²) in [7, 11) is 1.56. The molecule has 1 aromatic rings. The Labute approximate surface area is 112 Å². The van der Waals surface area contributed by atoms with Crippen molar-refractivity contribution in [3.05, 3.63) is 23.8 Å². The van der Waals surface area contributed by atoms with Gasteiger partial charge in [-0.25, -0.2) is 0 Å². The van der Waals surface area contributed by atoms with Crippen molar-refractivity contribution in [1.82, 2.24) is 5.32 Å². The summed E-state index contributed by atoms with van der Waals surface area (Å²) in [4.78, 5) is 24.5. The summed E-state index contributed by atoms with van der Waals surface area (Å²) in [5.41, 5.74) is 12.8. The van der Waals surface area contributed by atoms with Crippen LogP contribution in [0.3, 0.4) is 0 Å². The smallest absolute Gasteiger partial charge is 0.251 e. The molecule has 0 atom stereocenters. The maximum absolute atomic E-state index is 11.6. The molecule has 0 aliphatic heterocycles. The monoisotopic (exact) mass is 264 g/mol. The molecule has 0 saturated carbocycles. The van der Waals surface area contributed by atoms with Gasteiger partial charge in [-0.05, 0) is 32.0 Å². The SMILES string of the molecule is CNC(=O)c1ccc(N)c(N(CC(N)=O)C(C)C)c1. The first-order valence-corrected chi connectivity index (χ1v) is 6.03. The van der Waals surface area contributed by atoms with Crippen LogP contribution in [0.15, 0.2) is 18.2 Å². The Morgan fingerprint density at radius 1 is 1.37 bits per heavy atom. The number of hydrogen-bond acceptors (Lipinski definition) is 4. The number of amides is 2. The number of carbonyl (C=O) groups excluding carboxylic acids is 2. The molecule has 5 N–H and O–H groups in total. The number of primary amides is 1. The Balaban J connectivity index is 3.21. The Hall–Kier alpha value is -2.24. The van der Waals surface area contributed by atoms with E-state index in [2.05, 4.69) is 5.32 Å². The van der Waals surface area contributed by atoms with Crippen LogP contribution >= 0.6 is 0 Å². The molecule has 0 saturated heterocycles. The largest absolute Gasteiger partial charge is 0.397 e. The minimum Gasteiger partial charge on any atom is -0.397 e. The zero-order valence-electron chi connectivity index (χ0n) is 11.4. The van der Waals surface area contributed by atoms with E-state index >= 15 is 0 Å². The molecule has 2 amide bonds. The van der Waals surface area contributed by atoms with Crippen molar-refractivity contribution in [2.75, 3.05) is 24.2 Å². The highest BCUT2D eigenvalue weighted by molar-refractivity contribution is 5.96. The molecule has 0 aliphatic carbocycles. The fraction of sp³-hybridized carbons (Fsp3) is 0.385. The van der Waals surface area contributed by atoms with Gasteiger partial charge in [-0.15, -0.1) is 0 Å². The number of nitrogens with zero attached hydrogens (tertiary/aromatic N) is 1. The third-order valence-electron chi connectivity index (χ3n) is 2.78. The molecular weight excluding hydrogens is 244 g/mol. The van der Waals surface area contributed by atoms with Crippen LogP contribution in [-0.2, 0) is 4.79 Å². The first-order chi connectivity index (χ1) is 8.86. The molecule has 0 bridgehead atoms. The standard InChI is InChI=1S/C13H20N4O2/c1-8(2)17(7-12(15)18)11-6-9(13(19)16-3)4-5-10(11)14/h4-6,8H,7,14H2,1-3H3,(H2,15,18)(H,16,19). The second kappa shape index (κ2) is 6.08. The molecule has 1 aromatic carbocycles. The van der Waals surface area contributed by atoms with Gasteiger partial charge in [0.25, 0.3) is 5.91 Å². The molecule has 0 radical (unpaired) electrons. The van der Waals surface area contributed by atoms with Crippen LogP contribution in [-0.4, -0.2) is 31.4 Å². The second-order valence-electron chi connectivity index (χ2n) is 4.54. The molecular formula is C13H20N4O2. The van der Waals surface area contributed by atoms with Gasteiger partial charge in [-0.1, -0.05) is 0 Å². The van der Waals surface area contributed by atoms with Gasteiger partial charge >= 0.3 is 0 Å². The van der Waals surface area contributed by atoms with Crippen LogP contribution in [0, 0.1) is 0 Å². The van der Waals surface area contributed by atoms with Crippen LogP contribution in [0.25, 0.3) is 0 Å². The Morgan fingerprint density at radius 3 is 2.47 bits per heavy atom. The number of benzene rings is 1. The van der Waals surface area contributed by atoms with Gasteiger partial charge in [-0.2, -0.15) is 0 Å². The van der Waals surface area contributed by atoms with Crippen molar-refractivity contribution >= 4 is 23.2 Å². The topological polar surface area (TPSA) is 101 Å². The predicted octanol–water partition coefficient (Wildman–Crippen LogP) is 0.329. The Bertz CT molecular complexity index is 486. The van der Waals surface area contributed by atoms with E-state index in [-0.39, 0.29) is 18.5 Å². The van der Waals surface area contributed by atoms with Crippen molar-refractivity contribution in [3.8, 4) is 0 Å². The van der Waals surface area contributed by atoms with Gasteiger partial charge in [0.1, 0.15) is 0 Å². The van der Waals surface area contributed by atoms with Crippen LogP contribution in [0.5, 0.6) is 0 Å². The molecule has 0 aromatic heterocycles. The number of rotatable bonds is 5. The van der Waals surface area contributed by atoms with Gasteiger partial charge in [0.15, 0.2) is 0 Å². The third kappa shape index (κ3) is 3.61. The number of hydrogen-bond donors (Lipinski definition) is 3. The first kappa shape index (κ1) is 14.8. The molecule has 6 nitrogen and oxygen atoms in total. The van der Waals surface area contributed by atoms with Crippen molar-refractivity contribution in [3.63, 3.8) is 0 Å². The van der Waals surface area contributed by atoms with Gasteiger partial charge in [0.2, 0.25) is 5.91 Å². The number of nitrogen functional groups attached to an aromatic ring is 1. The number of nitrogens with one attached hydrogen (secondary N) is 1. The van der Waals surface area contributed by atoms with E-state index in [0.29, 0.717) is 16.9 Å². The lowest BCUT2D eigenvalue weighted by molar-refractivity contribution is -0.116. The second-order valence-corrected chi connectivity index (χ2v) is 4.54. The maximum atomic E-state index is 11.6. The molecule has 0 aliphatic rings. The number of anilines is 2. The van der Waals surface area contributed by atoms with Gasteiger partial charge in [0, 0.05) is 18.7 Å². The summed E-state index contributed by atoms with van der Waals surface area (Å²) in [6, 6.07) is 4.99. The van der Waals surface area contributed by atoms with Gasteiger partial charge < -0.3 is 21.7 Å². The summed E-state index contributed by atoms with van der Waals surface area (Å²) < 4.78 is 0. The van der Waals surface area contributed by atoms with E-state index in [1.54, 1.807) is 30.1 Å². The average molecular weight is 264 g/mol.